The molecule has 22 heavy (non-hydrogen) atoms. The van der Waals surface area contributed by atoms with Crippen LogP contribution in [0.25, 0.3) is 0 Å². The van der Waals surface area contributed by atoms with Crippen molar-refractivity contribution in [2.24, 2.45) is 0 Å². The van der Waals surface area contributed by atoms with Crippen LogP contribution >= 0.6 is 35.0 Å². The second kappa shape index (κ2) is 8.23. The van der Waals surface area contributed by atoms with Gasteiger partial charge in [-0.15, -0.1) is 11.8 Å². The second-order valence-corrected chi connectivity index (χ2v) is 6.75. The Bertz CT molecular complexity index is 636. The molecule has 2 aromatic rings. The van der Waals surface area contributed by atoms with Gasteiger partial charge in [0.15, 0.2) is 0 Å². The maximum atomic E-state index is 10.8. The average molecular weight is 356 g/mol. The summed E-state index contributed by atoms with van der Waals surface area (Å²) < 4.78 is 0. The highest BCUT2D eigenvalue weighted by atomic mass is 35.5. The maximum Gasteiger partial charge on any atom is 0.0871 e. The zero-order chi connectivity index (χ0) is 16.1. The van der Waals surface area contributed by atoms with Crippen molar-refractivity contribution < 1.29 is 5.11 Å². The highest BCUT2D eigenvalue weighted by Gasteiger charge is 2.23. The molecule has 0 aliphatic carbocycles. The first-order valence-corrected chi connectivity index (χ1v) is 8.96. The molecule has 2 N–H and O–H groups in total. The van der Waals surface area contributed by atoms with Crippen LogP contribution in [0.2, 0.25) is 10.0 Å². The summed E-state index contributed by atoms with van der Waals surface area (Å²) in [5.74, 6) is -0.100. The summed E-state index contributed by atoms with van der Waals surface area (Å²) in [5.41, 5.74) is 1.86. The minimum absolute atomic E-state index is 0.100. The minimum atomic E-state index is -0.614. The van der Waals surface area contributed by atoms with Crippen LogP contribution in [0, 0.1) is 0 Å². The van der Waals surface area contributed by atoms with Crippen LogP contribution in [0.3, 0.4) is 0 Å². The molecule has 0 heterocycles. The monoisotopic (exact) mass is 355 g/mol. The Morgan fingerprint density at radius 2 is 1.86 bits per heavy atom. The fraction of sp³-hybridized carbons (Fsp3) is 0.294. The van der Waals surface area contributed by atoms with Gasteiger partial charge in [0.25, 0.3) is 0 Å². The van der Waals surface area contributed by atoms with Crippen molar-refractivity contribution in [3.63, 3.8) is 0 Å². The van der Waals surface area contributed by atoms with Crippen LogP contribution in [-0.2, 0) is 0 Å². The van der Waals surface area contributed by atoms with Crippen LogP contribution < -0.4 is 5.32 Å². The number of hydrogen-bond acceptors (Lipinski definition) is 3. The van der Waals surface area contributed by atoms with Crippen LogP contribution in [0.15, 0.2) is 47.4 Å². The molecular formula is C17H19Cl2NOS. The Hall–Kier alpha value is -0.710. The summed E-state index contributed by atoms with van der Waals surface area (Å²) >= 11 is 13.8. The molecule has 0 bridgehead atoms. The van der Waals surface area contributed by atoms with Crippen molar-refractivity contribution in [1.82, 2.24) is 5.32 Å². The second-order valence-electron chi connectivity index (χ2n) is 5.06. The number of nitrogens with one attached hydrogen (secondary N) is 1. The molecule has 0 saturated carbocycles. The van der Waals surface area contributed by atoms with Crippen molar-refractivity contribution in [2.45, 2.75) is 16.9 Å². The molecule has 0 unspecified atom stereocenters. The van der Waals surface area contributed by atoms with Gasteiger partial charge in [0.05, 0.1) is 16.1 Å². The van der Waals surface area contributed by atoms with E-state index in [0.29, 0.717) is 16.6 Å². The number of benzene rings is 2. The van der Waals surface area contributed by atoms with E-state index in [2.05, 4.69) is 5.32 Å². The van der Waals surface area contributed by atoms with Crippen LogP contribution in [0.5, 0.6) is 0 Å². The molecule has 5 heteroatoms. The topological polar surface area (TPSA) is 32.3 Å². The van der Waals surface area contributed by atoms with E-state index in [1.54, 1.807) is 17.8 Å². The van der Waals surface area contributed by atoms with Crippen molar-refractivity contribution in [3.05, 3.63) is 63.6 Å². The molecule has 2 atom stereocenters. The number of thioether (sulfide) groups is 1. The molecule has 0 saturated heterocycles. The molecule has 0 amide bonds. The SMILES string of the molecule is CNC[C@@H](c1ccc(Cl)c(Cl)c1)[C@@H](O)c1cccc(SC)c1. The van der Waals surface area contributed by atoms with Gasteiger partial charge >= 0.3 is 0 Å². The standard InChI is InChI=1S/C17H19Cl2NOS/c1-20-10-14(11-6-7-15(18)16(19)9-11)17(21)12-4-3-5-13(8-12)22-2/h3-9,14,17,20-21H,10H2,1-2H3/t14-,17-/m0/s1. The number of aliphatic hydroxyl groups is 1. The van der Waals surface area contributed by atoms with Gasteiger partial charge in [-0.05, 0) is 48.7 Å². The Morgan fingerprint density at radius 3 is 2.50 bits per heavy atom. The normalized spacial score (nSPS) is 13.9. The molecule has 2 rings (SSSR count). The van der Waals surface area contributed by atoms with Crippen molar-refractivity contribution in [3.8, 4) is 0 Å². The number of rotatable bonds is 6. The van der Waals surface area contributed by atoms with Crippen molar-refractivity contribution >= 4 is 35.0 Å². The Kier molecular flexibility index (Phi) is 6.60. The molecule has 118 valence electrons. The first-order chi connectivity index (χ1) is 10.6. The van der Waals surface area contributed by atoms with Crippen LogP contribution in [0.1, 0.15) is 23.1 Å². The maximum absolute atomic E-state index is 10.8. The van der Waals surface area contributed by atoms with Gasteiger partial charge in [-0.25, -0.2) is 0 Å². The summed E-state index contributed by atoms with van der Waals surface area (Å²) in [6, 6.07) is 13.5. The molecule has 0 aliphatic rings. The number of likely N-dealkylation sites (N-methyl/N-ethyl adjacent to an activating group) is 1. The first kappa shape index (κ1) is 17.6. The molecule has 2 aromatic carbocycles. The quantitative estimate of drug-likeness (QED) is 0.733. The van der Waals surface area contributed by atoms with E-state index in [1.165, 1.54) is 0 Å². The van der Waals surface area contributed by atoms with E-state index >= 15 is 0 Å². The third kappa shape index (κ3) is 4.18. The van der Waals surface area contributed by atoms with E-state index in [4.69, 9.17) is 23.2 Å². The molecule has 0 aliphatic heterocycles. The minimum Gasteiger partial charge on any atom is -0.388 e. The summed E-state index contributed by atoms with van der Waals surface area (Å²) in [6.45, 7) is 0.641. The predicted octanol–water partition coefficient (Wildman–Crippen LogP) is 4.75. The van der Waals surface area contributed by atoms with E-state index in [0.717, 1.165) is 16.0 Å². The van der Waals surface area contributed by atoms with Gasteiger partial charge in [0.1, 0.15) is 0 Å². The average Bonchev–Trinajstić information content (AvgIpc) is 2.54. The van der Waals surface area contributed by atoms with E-state index in [-0.39, 0.29) is 5.92 Å². The van der Waals surface area contributed by atoms with Gasteiger partial charge in [-0.2, -0.15) is 0 Å². The number of halogens is 2. The Morgan fingerprint density at radius 1 is 1.09 bits per heavy atom. The fourth-order valence-electron chi connectivity index (χ4n) is 2.43. The Labute approximate surface area is 145 Å². The molecule has 0 aromatic heterocycles. The highest BCUT2D eigenvalue weighted by Crippen LogP contribution is 2.34. The van der Waals surface area contributed by atoms with Gasteiger partial charge in [0, 0.05) is 17.4 Å². The van der Waals surface area contributed by atoms with Gasteiger partial charge < -0.3 is 10.4 Å². The Balaban J connectivity index is 2.35. The molecule has 2 nitrogen and oxygen atoms in total. The third-order valence-electron chi connectivity index (χ3n) is 3.61. The van der Waals surface area contributed by atoms with E-state index < -0.39 is 6.10 Å². The summed E-state index contributed by atoms with van der Waals surface area (Å²) in [4.78, 5) is 1.13. The lowest BCUT2D eigenvalue weighted by Crippen LogP contribution is -2.23. The summed E-state index contributed by atoms with van der Waals surface area (Å²) in [6.07, 6.45) is 1.41. The van der Waals surface area contributed by atoms with Gasteiger partial charge in [0.2, 0.25) is 0 Å². The summed E-state index contributed by atoms with van der Waals surface area (Å²) in [5, 5.41) is 15.0. The number of hydrogen-bond donors (Lipinski definition) is 2. The smallest absolute Gasteiger partial charge is 0.0871 e. The summed E-state index contributed by atoms with van der Waals surface area (Å²) in [7, 11) is 1.87. The fourth-order valence-corrected chi connectivity index (χ4v) is 3.21. The third-order valence-corrected chi connectivity index (χ3v) is 5.08. The largest absolute Gasteiger partial charge is 0.388 e. The molecular weight excluding hydrogens is 337 g/mol. The molecule has 0 fully saturated rings. The molecule has 0 spiro atoms. The van der Waals surface area contributed by atoms with Gasteiger partial charge in [-0.1, -0.05) is 41.4 Å². The van der Waals surface area contributed by atoms with Crippen LogP contribution in [0.4, 0.5) is 0 Å². The predicted molar refractivity (Wildman–Crippen MR) is 96.3 cm³/mol. The van der Waals surface area contributed by atoms with Crippen molar-refractivity contribution in [1.29, 1.82) is 0 Å². The number of aliphatic hydroxyl groups excluding tert-OH is 1. The molecule has 0 radical (unpaired) electrons. The lowest BCUT2D eigenvalue weighted by Gasteiger charge is -2.24. The van der Waals surface area contributed by atoms with E-state index in [1.807, 2.05) is 49.7 Å². The first-order valence-electron chi connectivity index (χ1n) is 6.98. The van der Waals surface area contributed by atoms with Crippen LogP contribution in [-0.4, -0.2) is 25.0 Å². The van der Waals surface area contributed by atoms with Crippen molar-refractivity contribution in [2.75, 3.05) is 19.8 Å². The zero-order valence-corrected chi connectivity index (χ0v) is 14.8. The lowest BCUT2D eigenvalue weighted by atomic mass is 9.89. The highest BCUT2D eigenvalue weighted by molar-refractivity contribution is 7.98. The zero-order valence-electron chi connectivity index (χ0n) is 12.5. The van der Waals surface area contributed by atoms with E-state index in [9.17, 15) is 5.11 Å². The lowest BCUT2D eigenvalue weighted by molar-refractivity contribution is 0.144. The van der Waals surface area contributed by atoms with Gasteiger partial charge in [-0.3, -0.25) is 0 Å².